The quantitative estimate of drug-likeness (QED) is 0.680. The van der Waals surface area contributed by atoms with E-state index in [2.05, 4.69) is 6.92 Å². The van der Waals surface area contributed by atoms with Crippen molar-refractivity contribution in [3.05, 3.63) is 23.7 Å². The summed E-state index contributed by atoms with van der Waals surface area (Å²) >= 11 is 0. The van der Waals surface area contributed by atoms with Crippen molar-refractivity contribution in [1.29, 1.82) is 0 Å². The lowest BCUT2D eigenvalue weighted by molar-refractivity contribution is 0.0432. The van der Waals surface area contributed by atoms with E-state index in [1.807, 2.05) is 6.92 Å². The second kappa shape index (κ2) is 7.93. The van der Waals surface area contributed by atoms with Gasteiger partial charge in [-0.1, -0.05) is 32.6 Å². The average molecular weight is 254 g/mol. The number of unbranched alkanes of at least 4 members (excludes halogenated alkanes) is 3. The van der Waals surface area contributed by atoms with Crippen molar-refractivity contribution >= 4 is 5.97 Å². The van der Waals surface area contributed by atoms with Gasteiger partial charge in [0.2, 0.25) is 5.76 Å². The molecule has 1 aromatic heterocycles. The van der Waals surface area contributed by atoms with Gasteiger partial charge in [-0.25, -0.2) is 4.79 Å². The Balaban J connectivity index is 2.27. The Morgan fingerprint density at radius 3 is 2.89 bits per heavy atom. The van der Waals surface area contributed by atoms with E-state index >= 15 is 0 Å². The first kappa shape index (κ1) is 14.8. The van der Waals surface area contributed by atoms with Crippen molar-refractivity contribution in [2.45, 2.75) is 58.7 Å². The number of aromatic carboxylic acids is 1. The number of ether oxygens (including phenoxy) is 1. The molecule has 18 heavy (non-hydrogen) atoms. The maximum Gasteiger partial charge on any atom is 0.372 e. The Kier molecular flexibility index (Phi) is 6.50. The van der Waals surface area contributed by atoms with Crippen molar-refractivity contribution in [3.63, 3.8) is 0 Å². The first-order valence-electron chi connectivity index (χ1n) is 6.56. The van der Waals surface area contributed by atoms with E-state index in [1.54, 1.807) is 6.07 Å². The van der Waals surface area contributed by atoms with E-state index in [0.717, 1.165) is 12.8 Å². The lowest BCUT2D eigenvalue weighted by Gasteiger charge is -2.12. The van der Waals surface area contributed by atoms with Gasteiger partial charge in [-0.2, -0.15) is 0 Å². The lowest BCUT2D eigenvalue weighted by atomic mass is 10.1. The van der Waals surface area contributed by atoms with Crippen LogP contribution in [0.3, 0.4) is 0 Å². The number of rotatable bonds is 9. The van der Waals surface area contributed by atoms with Crippen LogP contribution in [-0.4, -0.2) is 17.2 Å². The molecule has 0 aliphatic carbocycles. The fourth-order valence-electron chi connectivity index (χ4n) is 1.81. The molecule has 1 heterocycles. The van der Waals surface area contributed by atoms with Crippen LogP contribution in [0.15, 0.2) is 16.7 Å². The maximum absolute atomic E-state index is 10.8. The van der Waals surface area contributed by atoms with Gasteiger partial charge in [0.15, 0.2) is 0 Å². The Hall–Kier alpha value is -1.29. The summed E-state index contributed by atoms with van der Waals surface area (Å²) in [5, 5.41) is 8.87. The summed E-state index contributed by atoms with van der Waals surface area (Å²) < 4.78 is 10.5. The maximum atomic E-state index is 10.8. The van der Waals surface area contributed by atoms with Crippen LogP contribution in [-0.2, 0) is 11.3 Å². The highest BCUT2D eigenvalue weighted by Crippen LogP contribution is 2.14. The van der Waals surface area contributed by atoms with Crippen molar-refractivity contribution in [1.82, 2.24) is 0 Å². The highest BCUT2D eigenvalue weighted by Gasteiger charge is 2.14. The van der Waals surface area contributed by atoms with Crippen LogP contribution in [0.2, 0.25) is 0 Å². The molecule has 0 bridgehead atoms. The molecule has 0 aromatic carbocycles. The van der Waals surface area contributed by atoms with Gasteiger partial charge in [-0.3, -0.25) is 0 Å². The first-order valence-corrected chi connectivity index (χ1v) is 6.56. The molecule has 0 aliphatic rings. The van der Waals surface area contributed by atoms with Crippen LogP contribution in [0, 0.1) is 0 Å². The molecule has 0 aliphatic heterocycles. The van der Waals surface area contributed by atoms with Crippen LogP contribution in [0.1, 0.15) is 62.1 Å². The largest absolute Gasteiger partial charge is 0.475 e. The predicted molar refractivity (Wildman–Crippen MR) is 68.7 cm³/mol. The summed E-state index contributed by atoms with van der Waals surface area (Å²) in [5.74, 6) is -1.07. The molecule has 4 heteroatoms. The third kappa shape index (κ3) is 4.92. The van der Waals surface area contributed by atoms with Gasteiger partial charge in [0.05, 0.1) is 19.0 Å². The standard InChI is InChI=1S/C14H22O4/c1-3-4-5-6-7-11(2)18-10-12-8-9-17-13(12)14(15)16/h8-9,11H,3-7,10H2,1-2H3,(H,15,16). The molecule has 0 amide bonds. The molecule has 0 saturated carbocycles. The minimum Gasteiger partial charge on any atom is -0.475 e. The molecular weight excluding hydrogens is 232 g/mol. The van der Waals surface area contributed by atoms with Crippen LogP contribution in [0.4, 0.5) is 0 Å². The molecule has 1 unspecified atom stereocenters. The zero-order chi connectivity index (χ0) is 13.4. The zero-order valence-electron chi connectivity index (χ0n) is 11.1. The zero-order valence-corrected chi connectivity index (χ0v) is 11.1. The summed E-state index contributed by atoms with van der Waals surface area (Å²) in [5.41, 5.74) is 0.600. The molecule has 1 atom stereocenters. The number of carboxylic acids is 1. The molecule has 0 fully saturated rings. The highest BCUT2D eigenvalue weighted by molar-refractivity contribution is 5.85. The molecule has 1 aromatic rings. The molecule has 102 valence electrons. The van der Waals surface area contributed by atoms with Gasteiger partial charge in [0, 0.05) is 5.56 Å². The predicted octanol–water partition coefficient (Wildman–Crippen LogP) is 3.85. The molecule has 1 N–H and O–H groups in total. The van der Waals surface area contributed by atoms with Crippen LogP contribution in [0.25, 0.3) is 0 Å². The minimum atomic E-state index is -1.05. The molecule has 0 saturated heterocycles. The van der Waals surface area contributed by atoms with E-state index in [1.165, 1.54) is 25.5 Å². The third-order valence-electron chi connectivity index (χ3n) is 2.93. The summed E-state index contributed by atoms with van der Waals surface area (Å²) in [4.78, 5) is 10.8. The summed E-state index contributed by atoms with van der Waals surface area (Å²) in [6.45, 7) is 4.51. The van der Waals surface area contributed by atoms with Crippen molar-refractivity contribution in [2.24, 2.45) is 0 Å². The lowest BCUT2D eigenvalue weighted by Crippen LogP contribution is -2.09. The van der Waals surface area contributed by atoms with Gasteiger partial charge in [0.1, 0.15) is 0 Å². The van der Waals surface area contributed by atoms with E-state index in [4.69, 9.17) is 14.3 Å². The highest BCUT2D eigenvalue weighted by atomic mass is 16.5. The second-order valence-corrected chi connectivity index (χ2v) is 4.55. The van der Waals surface area contributed by atoms with Crippen molar-refractivity contribution in [3.8, 4) is 0 Å². The van der Waals surface area contributed by atoms with Crippen LogP contribution >= 0.6 is 0 Å². The second-order valence-electron chi connectivity index (χ2n) is 4.55. The van der Waals surface area contributed by atoms with Gasteiger partial charge in [0.25, 0.3) is 0 Å². The normalized spacial score (nSPS) is 12.6. The Labute approximate surface area is 108 Å². The van der Waals surface area contributed by atoms with Gasteiger partial charge >= 0.3 is 5.97 Å². The van der Waals surface area contributed by atoms with Crippen molar-refractivity contribution < 1.29 is 19.1 Å². The summed E-state index contributed by atoms with van der Waals surface area (Å²) in [7, 11) is 0. The fraction of sp³-hybridized carbons (Fsp3) is 0.643. The average Bonchev–Trinajstić information content (AvgIpc) is 2.80. The fourth-order valence-corrected chi connectivity index (χ4v) is 1.81. The number of furan rings is 1. The number of carbonyl (C=O) groups is 1. The molecule has 0 spiro atoms. The topological polar surface area (TPSA) is 59.7 Å². The summed E-state index contributed by atoms with van der Waals surface area (Å²) in [6.07, 6.45) is 7.43. The first-order chi connectivity index (χ1) is 8.65. The molecule has 1 rings (SSSR count). The molecule has 4 nitrogen and oxygen atoms in total. The Morgan fingerprint density at radius 1 is 1.44 bits per heavy atom. The van der Waals surface area contributed by atoms with Gasteiger partial charge in [-0.05, 0) is 19.4 Å². The van der Waals surface area contributed by atoms with E-state index < -0.39 is 5.97 Å². The minimum absolute atomic E-state index is 0.0202. The Bertz CT molecular complexity index is 356. The SMILES string of the molecule is CCCCCCC(C)OCc1ccoc1C(=O)O. The van der Waals surface area contributed by atoms with Gasteiger partial charge < -0.3 is 14.3 Å². The van der Waals surface area contributed by atoms with Crippen LogP contribution in [0.5, 0.6) is 0 Å². The molecular formula is C14H22O4. The summed E-state index contributed by atoms with van der Waals surface area (Å²) in [6, 6.07) is 1.65. The van der Waals surface area contributed by atoms with E-state index in [-0.39, 0.29) is 11.9 Å². The monoisotopic (exact) mass is 254 g/mol. The number of hydrogen-bond acceptors (Lipinski definition) is 3. The number of carboxylic acid groups (broad SMARTS) is 1. The smallest absolute Gasteiger partial charge is 0.372 e. The molecule has 0 radical (unpaired) electrons. The Morgan fingerprint density at radius 2 is 2.22 bits per heavy atom. The third-order valence-corrected chi connectivity index (χ3v) is 2.93. The van der Waals surface area contributed by atoms with E-state index in [9.17, 15) is 4.79 Å². The van der Waals surface area contributed by atoms with Gasteiger partial charge in [-0.15, -0.1) is 0 Å². The van der Waals surface area contributed by atoms with E-state index in [0.29, 0.717) is 12.2 Å². The van der Waals surface area contributed by atoms with Crippen molar-refractivity contribution in [2.75, 3.05) is 0 Å². The van der Waals surface area contributed by atoms with Crippen LogP contribution < -0.4 is 0 Å². The number of hydrogen-bond donors (Lipinski definition) is 1.